The predicted molar refractivity (Wildman–Crippen MR) is 44.4 cm³/mol. The molecule has 4 heteroatoms. The monoisotopic (exact) mass is 181 g/mol. The average molecular weight is 181 g/mol. The first-order chi connectivity index (χ1) is 6.16. The van der Waals surface area contributed by atoms with Crippen LogP contribution in [0.2, 0.25) is 0 Å². The average Bonchev–Trinajstić information content (AvgIpc) is 2.60. The molecule has 1 aliphatic carbocycles. The van der Waals surface area contributed by atoms with Crippen LogP contribution < -0.4 is 0 Å². The third-order valence-corrected chi connectivity index (χ3v) is 2.33. The first kappa shape index (κ1) is 8.29. The Bertz CT molecular complexity index is 331. The van der Waals surface area contributed by atoms with Crippen molar-refractivity contribution in [1.82, 2.24) is 4.98 Å². The molecule has 0 radical (unpaired) electrons. The summed E-state index contributed by atoms with van der Waals surface area (Å²) in [6, 6.07) is 0. The molecule has 0 aliphatic heterocycles. The lowest BCUT2D eigenvalue weighted by atomic mass is 10.3. The maximum atomic E-state index is 10.3. The summed E-state index contributed by atoms with van der Waals surface area (Å²) in [5.41, 5.74) is 0.515. The molecule has 0 bridgehead atoms. The van der Waals surface area contributed by atoms with E-state index in [1.165, 1.54) is 6.26 Å². The van der Waals surface area contributed by atoms with Gasteiger partial charge in [-0.15, -0.1) is 0 Å². The Hall–Kier alpha value is -1.32. The summed E-state index contributed by atoms with van der Waals surface area (Å²) in [5, 5.41) is 8.50. The fraction of sp³-hybridized carbons (Fsp3) is 0.556. The minimum atomic E-state index is -0.872. The number of nitrogens with zero attached hydrogens (tertiary/aromatic N) is 1. The van der Waals surface area contributed by atoms with E-state index in [2.05, 4.69) is 11.9 Å². The largest absolute Gasteiger partial charge is 0.481 e. The van der Waals surface area contributed by atoms with Crippen LogP contribution in [0.1, 0.15) is 30.8 Å². The fourth-order valence-corrected chi connectivity index (χ4v) is 1.40. The molecule has 2 atom stereocenters. The van der Waals surface area contributed by atoms with Crippen LogP contribution in [0, 0.1) is 5.92 Å². The molecule has 1 N–H and O–H groups in total. The maximum Gasteiger partial charge on any atom is 0.309 e. The molecule has 0 aromatic carbocycles. The van der Waals surface area contributed by atoms with Gasteiger partial charge in [-0.2, -0.15) is 0 Å². The Kier molecular flexibility index (Phi) is 1.83. The highest BCUT2D eigenvalue weighted by Crippen LogP contribution is 2.46. The Morgan fingerprint density at radius 3 is 3.08 bits per heavy atom. The van der Waals surface area contributed by atoms with Gasteiger partial charge in [-0.3, -0.25) is 4.79 Å². The van der Waals surface area contributed by atoms with Crippen molar-refractivity contribution in [2.75, 3.05) is 0 Å². The first-order valence-corrected chi connectivity index (χ1v) is 4.33. The zero-order valence-electron chi connectivity index (χ0n) is 7.36. The van der Waals surface area contributed by atoms with Gasteiger partial charge < -0.3 is 9.52 Å². The number of rotatable bonds is 3. The van der Waals surface area contributed by atoms with Crippen LogP contribution in [0.3, 0.4) is 0 Å². The SMILES string of the molecule is CC1CC1c1nc(CC(=O)O)co1. The van der Waals surface area contributed by atoms with Crippen LogP contribution in [-0.4, -0.2) is 16.1 Å². The maximum absolute atomic E-state index is 10.3. The summed E-state index contributed by atoms with van der Waals surface area (Å²) in [6.07, 6.45) is 2.49. The van der Waals surface area contributed by atoms with Gasteiger partial charge in [0.2, 0.25) is 0 Å². The van der Waals surface area contributed by atoms with E-state index in [9.17, 15) is 4.79 Å². The number of aromatic nitrogens is 1. The van der Waals surface area contributed by atoms with E-state index in [0.29, 0.717) is 23.4 Å². The molecule has 2 unspecified atom stereocenters. The number of carboxylic acids is 1. The Morgan fingerprint density at radius 2 is 2.54 bits per heavy atom. The number of aliphatic carboxylic acids is 1. The van der Waals surface area contributed by atoms with Crippen LogP contribution in [-0.2, 0) is 11.2 Å². The van der Waals surface area contributed by atoms with Crippen LogP contribution >= 0.6 is 0 Å². The van der Waals surface area contributed by atoms with E-state index < -0.39 is 5.97 Å². The van der Waals surface area contributed by atoms with Gasteiger partial charge in [0.05, 0.1) is 12.1 Å². The fourth-order valence-electron chi connectivity index (χ4n) is 1.40. The molecule has 1 aliphatic rings. The van der Waals surface area contributed by atoms with Gasteiger partial charge in [-0.1, -0.05) is 6.92 Å². The number of oxazole rings is 1. The van der Waals surface area contributed by atoms with E-state index in [4.69, 9.17) is 9.52 Å². The van der Waals surface area contributed by atoms with Crippen LogP contribution in [0.15, 0.2) is 10.7 Å². The van der Waals surface area contributed by atoms with E-state index >= 15 is 0 Å². The van der Waals surface area contributed by atoms with Crippen molar-refractivity contribution in [3.8, 4) is 0 Å². The van der Waals surface area contributed by atoms with Crippen LogP contribution in [0.25, 0.3) is 0 Å². The molecule has 1 saturated carbocycles. The number of hydrogen-bond donors (Lipinski definition) is 1. The third-order valence-electron chi connectivity index (χ3n) is 2.33. The molecule has 0 amide bonds. The highest BCUT2D eigenvalue weighted by Gasteiger charge is 2.38. The molecule has 13 heavy (non-hydrogen) atoms. The Balaban J connectivity index is 2.05. The second kappa shape index (κ2) is 2.87. The van der Waals surface area contributed by atoms with E-state index in [0.717, 1.165) is 6.42 Å². The van der Waals surface area contributed by atoms with Gasteiger partial charge in [-0.25, -0.2) is 4.98 Å². The molecule has 2 rings (SSSR count). The third kappa shape index (κ3) is 1.71. The van der Waals surface area contributed by atoms with E-state index in [1.807, 2.05) is 0 Å². The summed E-state index contributed by atoms with van der Waals surface area (Å²) < 4.78 is 5.19. The standard InChI is InChI=1S/C9H11NO3/c1-5-2-7(5)9-10-6(4-13-9)3-8(11)12/h4-5,7H,2-3H2,1H3,(H,11,12). The lowest BCUT2D eigenvalue weighted by molar-refractivity contribution is -0.136. The van der Waals surface area contributed by atoms with Crippen molar-refractivity contribution >= 4 is 5.97 Å². The van der Waals surface area contributed by atoms with Gasteiger partial charge in [-0.05, 0) is 12.3 Å². The summed E-state index contributed by atoms with van der Waals surface area (Å²) in [4.78, 5) is 14.5. The highest BCUT2D eigenvalue weighted by molar-refractivity contribution is 5.69. The summed E-state index contributed by atoms with van der Waals surface area (Å²) >= 11 is 0. The number of carbonyl (C=O) groups is 1. The zero-order valence-corrected chi connectivity index (χ0v) is 7.36. The quantitative estimate of drug-likeness (QED) is 0.766. The molecule has 0 spiro atoms. The minimum absolute atomic E-state index is 0.0510. The van der Waals surface area contributed by atoms with Crippen molar-refractivity contribution in [3.63, 3.8) is 0 Å². The van der Waals surface area contributed by atoms with Crippen LogP contribution in [0.4, 0.5) is 0 Å². The predicted octanol–water partition coefficient (Wildman–Crippen LogP) is 1.43. The van der Waals surface area contributed by atoms with Gasteiger partial charge in [0.15, 0.2) is 5.89 Å². The summed E-state index contributed by atoms with van der Waals surface area (Å²) in [6.45, 7) is 2.13. The van der Waals surface area contributed by atoms with Crippen molar-refractivity contribution in [2.45, 2.75) is 25.7 Å². The Morgan fingerprint density at radius 1 is 1.85 bits per heavy atom. The second-order valence-electron chi connectivity index (χ2n) is 3.57. The summed E-state index contributed by atoms with van der Waals surface area (Å²) in [5.74, 6) is 0.881. The molecule has 1 aromatic heterocycles. The minimum Gasteiger partial charge on any atom is -0.481 e. The van der Waals surface area contributed by atoms with Crippen LogP contribution in [0.5, 0.6) is 0 Å². The smallest absolute Gasteiger partial charge is 0.309 e. The first-order valence-electron chi connectivity index (χ1n) is 4.33. The van der Waals surface area contributed by atoms with Crippen molar-refractivity contribution in [2.24, 2.45) is 5.92 Å². The lowest BCUT2D eigenvalue weighted by Gasteiger charge is -1.87. The number of hydrogen-bond acceptors (Lipinski definition) is 3. The van der Waals surface area contributed by atoms with Crippen molar-refractivity contribution in [1.29, 1.82) is 0 Å². The number of carboxylic acid groups (broad SMARTS) is 1. The normalized spacial score (nSPS) is 25.9. The van der Waals surface area contributed by atoms with Crippen molar-refractivity contribution in [3.05, 3.63) is 17.8 Å². The molecule has 1 aromatic rings. The van der Waals surface area contributed by atoms with Gasteiger partial charge in [0.25, 0.3) is 0 Å². The molecule has 1 heterocycles. The molecule has 4 nitrogen and oxygen atoms in total. The highest BCUT2D eigenvalue weighted by atomic mass is 16.4. The second-order valence-corrected chi connectivity index (χ2v) is 3.57. The van der Waals surface area contributed by atoms with Gasteiger partial charge in [0.1, 0.15) is 6.26 Å². The van der Waals surface area contributed by atoms with Gasteiger partial charge >= 0.3 is 5.97 Å². The van der Waals surface area contributed by atoms with Crippen molar-refractivity contribution < 1.29 is 14.3 Å². The topological polar surface area (TPSA) is 63.3 Å². The van der Waals surface area contributed by atoms with E-state index in [-0.39, 0.29) is 6.42 Å². The van der Waals surface area contributed by atoms with Gasteiger partial charge in [0, 0.05) is 5.92 Å². The Labute approximate surface area is 75.6 Å². The molecular weight excluding hydrogens is 170 g/mol. The molecular formula is C9H11NO3. The molecule has 70 valence electrons. The molecule has 1 fully saturated rings. The lowest BCUT2D eigenvalue weighted by Crippen LogP contribution is -2.00. The summed E-state index contributed by atoms with van der Waals surface area (Å²) in [7, 11) is 0. The van der Waals surface area contributed by atoms with E-state index in [1.54, 1.807) is 0 Å². The zero-order chi connectivity index (χ0) is 9.42. The molecule has 0 saturated heterocycles.